The highest BCUT2D eigenvalue weighted by Gasteiger charge is 2.21. The van der Waals surface area contributed by atoms with Crippen molar-refractivity contribution in [3.8, 4) is 0 Å². The van der Waals surface area contributed by atoms with E-state index < -0.39 is 6.04 Å². The number of nitrogens with one attached hydrogen (secondary N) is 1. The number of ether oxygens (including phenoxy) is 1. The Labute approximate surface area is 124 Å². The Kier molecular flexibility index (Phi) is 5.45. The van der Waals surface area contributed by atoms with Crippen molar-refractivity contribution in [2.45, 2.75) is 32.5 Å². The number of rotatable bonds is 7. The van der Waals surface area contributed by atoms with Crippen LogP contribution in [0.3, 0.4) is 0 Å². The molecular formula is C15H20N4O2. The highest BCUT2D eigenvalue weighted by atomic mass is 16.5. The third-order valence-electron chi connectivity index (χ3n) is 3.17. The van der Waals surface area contributed by atoms with Gasteiger partial charge in [0, 0.05) is 6.54 Å². The van der Waals surface area contributed by atoms with Gasteiger partial charge in [-0.3, -0.25) is 5.32 Å². The lowest BCUT2D eigenvalue weighted by molar-refractivity contribution is -0.143. The molecule has 1 heterocycles. The van der Waals surface area contributed by atoms with Gasteiger partial charge in [0.1, 0.15) is 18.2 Å². The van der Waals surface area contributed by atoms with Crippen molar-refractivity contribution in [3.05, 3.63) is 48.0 Å². The summed E-state index contributed by atoms with van der Waals surface area (Å²) in [4.78, 5) is 16.2. The lowest BCUT2D eigenvalue weighted by atomic mass is 10.1. The van der Waals surface area contributed by atoms with Crippen molar-refractivity contribution in [1.29, 1.82) is 0 Å². The molecule has 112 valence electrons. The lowest BCUT2D eigenvalue weighted by Gasteiger charge is -2.16. The highest BCUT2D eigenvalue weighted by molar-refractivity contribution is 5.77. The third kappa shape index (κ3) is 3.88. The molecule has 2 aromatic rings. The zero-order valence-corrected chi connectivity index (χ0v) is 12.3. The van der Waals surface area contributed by atoms with Crippen molar-refractivity contribution in [1.82, 2.24) is 20.1 Å². The van der Waals surface area contributed by atoms with Gasteiger partial charge in [0.2, 0.25) is 0 Å². The van der Waals surface area contributed by atoms with Gasteiger partial charge in [-0.2, -0.15) is 5.10 Å². The number of carbonyl (C=O) groups excluding carboxylic acids is 1. The molecule has 1 aromatic heterocycles. The molecule has 1 unspecified atom stereocenters. The lowest BCUT2D eigenvalue weighted by Crippen LogP contribution is -2.30. The summed E-state index contributed by atoms with van der Waals surface area (Å²) < 4.78 is 6.71. The van der Waals surface area contributed by atoms with Gasteiger partial charge in [-0.25, -0.2) is 14.5 Å². The number of esters is 1. The topological polar surface area (TPSA) is 69.0 Å². The van der Waals surface area contributed by atoms with E-state index in [4.69, 9.17) is 4.74 Å². The minimum absolute atomic E-state index is 0.317. The van der Waals surface area contributed by atoms with Crippen LogP contribution in [-0.4, -0.2) is 27.8 Å². The Balaban J connectivity index is 2.09. The van der Waals surface area contributed by atoms with Gasteiger partial charge in [-0.15, -0.1) is 0 Å². The van der Waals surface area contributed by atoms with Crippen LogP contribution in [0.15, 0.2) is 36.7 Å². The maximum atomic E-state index is 12.0. The van der Waals surface area contributed by atoms with Crippen LogP contribution in [-0.2, 0) is 22.6 Å². The molecule has 0 bridgehead atoms. The van der Waals surface area contributed by atoms with Crippen LogP contribution in [0.1, 0.15) is 30.8 Å². The van der Waals surface area contributed by atoms with Crippen LogP contribution < -0.4 is 5.32 Å². The number of nitrogens with zero attached hydrogens (tertiary/aromatic N) is 3. The molecule has 0 fully saturated rings. The summed E-state index contributed by atoms with van der Waals surface area (Å²) in [7, 11) is 1.39. The predicted octanol–water partition coefficient (Wildman–Crippen LogP) is 1.69. The van der Waals surface area contributed by atoms with Crippen LogP contribution in [0.2, 0.25) is 0 Å². The van der Waals surface area contributed by atoms with Gasteiger partial charge in [0.05, 0.1) is 13.7 Å². The van der Waals surface area contributed by atoms with Crippen molar-refractivity contribution < 1.29 is 9.53 Å². The first kappa shape index (κ1) is 15.2. The van der Waals surface area contributed by atoms with Crippen molar-refractivity contribution in [3.63, 3.8) is 0 Å². The van der Waals surface area contributed by atoms with Crippen LogP contribution in [0.4, 0.5) is 0 Å². The molecular weight excluding hydrogens is 268 g/mol. The number of methoxy groups -OCH3 is 1. The Morgan fingerprint density at radius 3 is 2.81 bits per heavy atom. The zero-order valence-electron chi connectivity index (χ0n) is 12.3. The molecule has 0 radical (unpaired) electrons. The van der Waals surface area contributed by atoms with E-state index in [2.05, 4.69) is 22.3 Å². The second-order valence-corrected chi connectivity index (χ2v) is 4.65. The fraction of sp³-hybridized carbons (Fsp3) is 0.400. The van der Waals surface area contributed by atoms with E-state index in [-0.39, 0.29) is 5.97 Å². The molecule has 21 heavy (non-hydrogen) atoms. The fourth-order valence-electron chi connectivity index (χ4n) is 2.12. The Morgan fingerprint density at radius 2 is 2.14 bits per heavy atom. The second-order valence-electron chi connectivity index (χ2n) is 4.65. The van der Waals surface area contributed by atoms with Gasteiger partial charge >= 0.3 is 5.97 Å². The summed E-state index contributed by atoms with van der Waals surface area (Å²) in [6, 6.07) is 8.98. The van der Waals surface area contributed by atoms with E-state index in [9.17, 15) is 4.79 Å². The molecule has 6 nitrogen and oxygen atoms in total. The van der Waals surface area contributed by atoms with Gasteiger partial charge in [-0.1, -0.05) is 37.3 Å². The van der Waals surface area contributed by atoms with Gasteiger partial charge in [-0.05, 0) is 12.0 Å². The quantitative estimate of drug-likeness (QED) is 0.785. The number of aromatic nitrogens is 3. The minimum atomic E-state index is -0.511. The molecule has 2 rings (SSSR count). The first-order valence-electron chi connectivity index (χ1n) is 6.99. The zero-order chi connectivity index (χ0) is 15.1. The Morgan fingerprint density at radius 1 is 1.38 bits per heavy atom. The fourth-order valence-corrected chi connectivity index (χ4v) is 2.12. The highest BCUT2D eigenvalue weighted by Crippen LogP contribution is 2.14. The van der Waals surface area contributed by atoms with E-state index in [1.807, 2.05) is 35.0 Å². The molecule has 6 heteroatoms. The van der Waals surface area contributed by atoms with E-state index in [1.165, 1.54) is 13.4 Å². The Hall–Kier alpha value is -2.21. The summed E-state index contributed by atoms with van der Waals surface area (Å²) in [5, 5.41) is 7.36. The standard InChI is InChI=1S/C15H20N4O2/c1-3-9-19-13(17-11-18-19)10-16-14(15(20)21-2)12-7-5-4-6-8-12/h4-8,11,14,16H,3,9-10H2,1-2H3. The predicted molar refractivity (Wildman–Crippen MR) is 78.4 cm³/mol. The van der Waals surface area contributed by atoms with E-state index in [0.717, 1.165) is 24.4 Å². The smallest absolute Gasteiger partial charge is 0.327 e. The summed E-state index contributed by atoms with van der Waals surface area (Å²) >= 11 is 0. The third-order valence-corrected chi connectivity index (χ3v) is 3.17. The number of benzene rings is 1. The summed E-state index contributed by atoms with van der Waals surface area (Å²) in [6.07, 6.45) is 2.51. The van der Waals surface area contributed by atoms with E-state index in [0.29, 0.717) is 6.54 Å². The first-order valence-corrected chi connectivity index (χ1v) is 6.99. The molecule has 1 atom stereocenters. The number of hydrogen-bond acceptors (Lipinski definition) is 5. The average molecular weight is 288 g/mol. The van der Waals surface area contributed by atoms with Crippen LogP contribution >= 0.6 is 0 Å². The SMILES string of the molecule is CCCn1ncnc1CNC(C(=O)OC)c1ccccc1. The van der Waals surface area contributed by atoms with Gasteiger partial charge in [0.15, 0.2) is 0 Å². The van der Waals surface area contributed by atoms with Gasteiger partial charge < -0.3 is 4.74 Å². The normalized spacial score (nSPS) is 12.1. The molecule has 0 spiro atoms. The minimum Gasteiger partial charge on any atom is -0.468 e. The van der Waals surface area contributed by atoms with E-state index >= 15 is 0 Å². The van der Waals surface area contributed by atoms with Gasteiger partial charge in [0.25, 0.3) is 0 Å². The first-order chi connectivity index (χ1) is 10.3. The summed E-state index contributed by atoms with van der Waals surface area (Å²) in [6.45, 7) is 3.35. The van der Waals surface area contributed by atoms with Crippen molar-refractivity contribution >= 4 is 5.97 Å². The van der Waals surface area contributed by atoms with Crippen molar-refractivity contribution in [2.24, 2.45) is 0 Å². The molecule has 1 aromatic carbocycles. The van der Waals surface area contributed by atoms with E-state index in [1.54, 1.807) is 0 Å². The van der Waals surface area contributed by atoms with Crippen molar-refractivity contribution in [2.75, 3.05) is 7.11 Å². The molecule has 0 saturated carbocycles. The number of carbonyl (C=O) groups is 1. The largest absolute Gasteiger partial charge is 0.468 e. The number of aryl methyl sites for hydroxylation is 1. The summed E-state index contributed by atoms with van der Waals surface area (Å²) in [5.41, 5.74) is 0.867. The molecule has 0 amide bonds. The molecule has 0 aliphatic carbocycles. The molecule has 0 saturated heterocycles. The average Bonchev–Trinajstić information content (AvgIpc) is 2.96. The Bertz CT molecular complexity index is 568. The maximum Gasteiger partial charge on any atom is 0.327 e. The monoisotopic (exact) mass is 288 g/mol. The van der Waals surface area contributed by atoms with Crippen LogP contribution in [0, 0.1) is 0 Å². The molecule has 1 N–H and O–H groups in total. The molecule has 0 aliphatic rings. The molecule has 0 aliphatic heterocycles. The van der Waals surface area contributed by atoms with Crippen LogP contribution in [0.25, 0.3) is 0 Å². The second kappa shape index (κ2) is 7.54. The summed E-state index contributed by atoms with van der Waals surface area (Å²) in [5.74, 6) is 0.490. The maximum absolute atomic E-state index is 12.0. The van der Waals surface area contributed by atoms with Crippen LogP contribution in [0.5, 0.6) is 0 Å². The number of hydrogen-bond donors (Lipinski definition) is 1.